The van der Waals surface area contributed by atoms with E-state index in [1.165, 1.54) is 0 Å². The Bertz CT molecular complexity index is 660. The predicted octanol–water partition coefficient (Wildman–Crippen LogP) is 3.16. The summed E-state index contributed by atoms with van der Waals surface area (Å²) < 4.78 is 10.7. The lowest BCUT2D eigenvalue weighted by Gasteiger charge is -2.34. The maximum Gasteiger partial charge on any atom is 0.244 e. The van der Waals surface area contributed by atoms with Crippen LogP contribution in [0.2, 0.25) is 0 Å². The predicted molar refractivity (Wildman–Crippen MR) is 92.7 cm³/mol. The molecule has 7 heteroatoms. The third-order valence-electron chi connectivity index (χ3n) is 4.74. The minimum atomic E-state index is 0.0490. The van der Waals surface area contributed by atoms with E-state index in [1.807, 2.05) is 6.07 Å². The van der Waals surface area contributed by atoms with Gasteiger partial charge in [0.2, 0.25) is 17.6 Å². The van der Waals surface area contributed by atoms with Crippen LogP contribution in [0.3, 0.4) is 0 Å². The zero-order valence-electron chi connectivity index (χ0n) is 14.9. The van der Waals surface area contributed by atoms with E-state index in [2.05, 4.69) is 34.2 Å². The Morgan fingerprint density at radius 1 is 1.44 bits per heavy atom. The summed E-state index contributed by atoms with van der Waals surface area (Å²) in [5.74, 6) is 1.85. The van der Waals surface area contributed by atoms with Gasteiger partial charge in [-0.2, -0.15) is 4.98 Å². The highest BCUT2D eigenvalue weighted by Crippen LogP contribution is 2.25. The molecule has 3 heterocycles. The molecule has 0 bridgehead atoms. The smallest absolute Gasteiger partial charge is 0.244 e. The summed E-state index contributed by atoms with van der Waals surface area (Å²) in [6.45, 7) is 5.97. The average molecular weight is 346 g/mol. The molecule has 1 N–H and O–H groups in total. The van der Waals surface area contributed by atoms with Crippen LogP contribution in [0, 0.1) is 0 Å². The SMILES string of the molecule is CCCCC(=O)NC1CCN([C@H](C)c2nc(-c3ccco3)no2)CC1. The number of carbonyl (C=O) groups is 1. The van der Waals surface area contributed by atoms with Gasteiger partial charge in [0.05, 0.1) is 12.3 Å². The van der Waals surface area contributed by atoms with E-state index in [4.69, 9.17) is 8.94 Å². The molecule has 1 amide bonds. The molecule has 3 rings (SSSR count). The molecule has 0 unspecified atom stereocenters. The van der Waals surface area contributed by atoms with E-state index in [9.17, 15) is 4.79 Å². The molecule has 2 aromatic heterocycles. The van der Waals surface area contributed by atoms with E-state index in [-0.39, 0.29) is 18.0 Å². The summed E-state index contributed by atoms with van der Waals surface area (Å²) >= 11 is 0. The van der Waals surface area contributed by atoms with Gasteiger partial charge in [0.25, 0.3) is 0 Å². The third-order valence-corrected chi connectivity index (χ3v) is 4.74. The number of amides is 1. The Labute approximate surface area is 147 Å². The lowest BCUT2D eigenvalue weighted by Crippen LogP contribution is -2.45. The van der Waals surface area contributed by atoms with Crippen LogP contribution in [0.5, 0.6) is 0 Å². The van der Waals surface area contributed by atoms with Crippen LogP contribution in [0.4, 0.5) is 0 Å². The van der Waals surface area contributed by atoms with Gasteiger partial charge in [-0.3, -0.25) is 9.69 Å². The molecule has 1 aliphatic heterocycles. The molecular weight excluding hydrogens is 320 g/mol. The second-order valence-corrected chi connectivity index (χ2v) is 6.59. The summed E-state index contributed by atoms with van der Waals surface area (Å²) in [6.07, 6.45) is 6.12. The number of unbranched alkanes of at least 4 members (excludes halogenated alkanes) is 1. The number of aromatic nitrogens is 2. The van der Waals surface area contributed by atoms with E-state index in [0.717, 1.165) is 38.8 Å². The number of carbonyl (C=O) groups excluding carboxylic acids is 1. The Balaban J connectivity index is 1.50. The van der Waals surface area contributed by atoms with Gasteiger partial charge in [0.15, 0.2) is 5.76 Å². The standard InChI is InChI=1S/C18H26N4O3/c1-3-4-7-16(23)19-14-8-10-22(11-9-14)13(2)18-20-17(21-25-18)15-6-5-12-24-15/h5-6,12-14H,3-4,7-11H2,1-2H3,(H,19,23)/t13-/m1/s1. The first-order valence-electron chi connectivity index (χ1n) is 9.08. The summed E-state index contributed by atoms with van der Waals surface area (Å²) in [7, 11) is 0. The maximum atomic E-state index is 11.9. The molecule has 1 aliphatic rings. The van der Waals surface area contributed by atoms with Crippen LogP contribution in [0.1, 0.15) is 57.9 Å². The quantitative estimate of drug-likeness (QED) is 0.829. The van der Waals surface area contributed by atoms with Crippen molar-refractivity contribution in [1.82, 2.24) is 20.4 Å². The number of likely N-dealkylation sites (tertiary alicyclic amines) is 1. The van der Waals surface area contributed by atoms with Crippen molar-refractivity contribution in [1.29, 1.82) is 0 Å². The first-order chi connectivity index (χ1) is 12.2. The molecule has 0 spiro atoms. The molecule has 1 fully saturated rings. The number of nitrogens with zero attached hydrogens (tertiary/aromatic N) is 3. The normalized spacial score (nSPS) is 17.5. The first-order valence-corrected chi connectivity index (χ1v) is 9.08. The van der Waals surface area contributed by atoms with Gasteiger partial charge in [0.1, 0.15) is 0 Å². The summed E-state index contributed by atoms with van der Waals surface area (Å²) in [5.41, 5.74) is 0. The topological polar surface area (TPSA) is 84.4 Å². The fourth-order valence-corrected chi connectivity index (χ4v) is 3.14. The maximum absolute atomic E-state index is 11.9. The molecule has 0 saturated carbocycles. The van der Waals surface area contributed by atoms with Gasteiger partial charge in [0, 0.05) is 25.6 Å². The molecule has 25 heavy (non-hydrogen) atoms. The molecule has 2 aromatic rings. The van der Waals surface area contributed by atoms with E-state index < -0.39 is 0 Å². The zero-order valence-corrected chi connectivity index (χ0v) is 14.9. The van der Waals surface area contributed by atoms with Crippen molar-refractivity contribution in [2.75, 3.05) is 13.1 Å². The van der Waals surface area contributed by atoms with Crippen molar-refractivity contribution in [3.05, 3.63) is 24.3 Å². The van der Waals surface area contributed by atoms with Crippen LogP contribution in [0.15, 0.2) is 27.3 Å². The fourth-order valence-electron chi connectivity index (χ4n) is 3.14. The summed E-state index contributed by atoms with van der Waals surface area (Å²) in [4.78, 5) is 18.6. The highest BCUT2D eigenvalue weighted by Gasteiger charge is 2.27. The Kier molecular flexibility index (Phi) is 5.86. The van der Waals surface area contributed by atoms with E-state index in [1.54, 1.807) is 12.3 Å². The van der Waals surface area contributed by atoms with Crippen LogP contribution in [-0.4, -0.2) is 40.1 Å². The molecule has 1 saturated heterocycles. The minimum absolute atomic E-state index is 0.0490. The molecule has 7 nitrogen and oxygen atoms in total. The number of furan rings is 1. The Morgan fingerprint density at radius 3 is 2.92 bits per heavy atom. The van der Waals surface area contributed by atoms with Crippen molar-refractivity contribution >= 4 is 5.91 Å². The van der Waals surface area contributed by atoms with Crippen LogP contribution >= 0.6 is 0 Å². The third kappa shape index (κ3) is 4.48. The van der Waals surface area contributed by atoms with E-state index in [0.29, 0.717) is 23.9 Å². The van der Waals surface area contributed by atoms with Crippen molar-refractivity contribution in [2.45, 2.75) is 58.0 Å². The number of nitrogens with one attached hydrogen (secondary N) is 1. The largest absolute Gasteiger partial charge is 0.461 e. The van der Waals surface area contributed by atoms with Crippen LogP contribution in [0.25, 0.3) is 11.6 Å². The molecule has 0 aromatic carbocycles. The number of hydrogen-bond acceptors (Lipinski definition) is 6. The van der Waals surface area contributed by atoms with Crippen molar-refractivity contribution in [2.24, 2.45) is 0 Å². The van der Waals surface area contributed by atoms with Gasteiger partial charge in [-0.05, 0) is 38.3 Å². The Morgan fingerprint density at radius 2 is 2.24 bits per heavy atom. The summed E-state index contributed by atoms with van der Waals surface area (Å²) in [6, 6.07) is 3.93. The van der Waals surface area contributed by atoms with Gasteiger partial charge >= 0.3 is 0 Å². The minimum Gasteiger partial charge on any atom is -0.461 e. The van der Waals surface area contributed by atoms with Gasteiger partial charge in [-0.1, -0.05) is 18.5 Å². The van der Waals surface area contributed by atoms with Crippen LogP contribution in [-0.2, 0) is 4.79 Å². The van der Waals surface area contributed by atoms with E-state index >= 15 is 0 Å². The lowest BCUT2D eigenvalue weighted by molar-refractivity contribution is -0.122. The molecule has 1 atom stereocenters. The highest BCUT2D eigenvalue weighted by atomic mass is 16.5. The zero-order chi connectivity index (χ0) is 17.6. The van der Waals surface area contributed by atoms with Crippen molar-refractivity contribution < 1.29 is 13.7 Å². The monoisotopic (exact) mass is 346 g/mol. The van der Waals surface area contributed by atoms with Gasteiger partial charge < -0.3 is 14.3 Å². The fraction of sp³-hybridized carbons (Fsp3) is 0.611. The molecular formula is C18H26N4O3. The van der Waals surface area contributed by atoms with Crippen molar-refractivity contribution in [3.8, 4) is 11.6 Å². The molecule has 0 aliphatic carbocycles. The lowest BCUT2D eigenvalue weighted by atomic mass is 10.0. The average Bonchev–Trinajstić information content (AvgIpc) is 3.31. The van der Waals surface area contributed by atoms with Gasteiger partial charge in [-0.25, -0.2) is 0 Å². The second kappa shape index (κ2) is 8.29. The van der Waals surface area contributed by atoms with Gasteiger partial charge in [-0.15, -0.1) is 0 Å². The highest BCUT2D eigenvalue weighted by molar-refractivity contribution is 5.76. The summed E-state index contributed by atoms with van der Waals surface area (Å²) in [5, 5.41) is 7.14. The van der Waals surface area contributed by atoms with Crippen molar-refractivity contribution in [3.63, 3.8) is 0 Å². The molecule has 0 radical (unpaired) electrons. The number of piperidine rings is 1. The second-order valence-electron chi connectivity index (χ2n) is 6.59. The number of rotatable bonds is 7. The molecule has 136 valence electrons. The number of hydrogen-bond donors (Lipinski definition) is 1. The Hall–Kier alpha value is -2.15. The van der Waals surface area contributed by atoms with Crippen LogP contribution < -0.4 is 5.32 Å². The first kappa shape index (κ1) is 17.7.